The van der Waals surface area contributed by atoms with Crippen molar-refractivity contribution in [2.75, 3.05) is 6.61 Å². The number of aromatic nitrogens is 1. The topological polar surface area (TPSA) is 129 Å². The Labute approximate surface area is 200 Å². The summed E-state index contributed by atoms with van der Waals surface area (Å²) in [7, 11) is 0. The van der Waals surface area contributed by atoms with Gasteiger partial charge >= 0.3 is 11.9 Å². The van der Waals surface area contributed by atoms with Crippen molar-refractivity contribution >= 4 is 34.7 Å². The number of esters is 1. The van der Waals surface area contributed by atoms with Crippen molar-refractivity contribution in [1.29, 1.82) is 0 Å². The maximum atomic E-state index is 12.5. The second kappa shape index (κ2) is 9.64. The van der Waals surface area contributed by atoms with Gasteiger partial charge in [0.05, 0.1) is 23.3 Å². The molecular weight excluding hydrogens is 452 g/mol. The predicted molar refractivity (Wildman–Crippen MR) is 129 cm³/mol. The Hall–Kier alpha value is -4.73. The molecule has 0 bridgehead atoms. The van der Waals surface area contributed by atoms with Crippen LogP contribution in [0.3, 0.4) is 0 Å². The number of benzene rings is 2. The lowest BCUT2D eigenvalue weighted by atomic mass is 10.2. The number of nitro benzene ring substituents is 1. The van der Waals surface area contributed by atoms with Crippen molar-refractivity contribution in [3.63, 3.8) is 0 Å². The van der Waals surface area contributed by atoms with E-state index in [1.165, 1.54) is 30.5 Å². The summed E-state index contributed by atoms with van der Waals surface area (Å²) in [6, 6.07) is 14.6. The van der Waals surface area contributed by atoms with Gasteiger partial charge in [0.25, 0.3) is 5.69 Å². The molecule has 1 N–H and O–H groups in total. The van der Waals surface area contributed by atoms with Crippen LogP contribution in [0.15, 0.2) is 64.1 Å². The van der Waals surface area contributed by atoms with Crippen molar-refractivity contribution < 1.29 is 23.7 Å². The summed E-state index contributed by atoms with van der Waals surface area (Å²) in [6.07, 6.45) is 1.51. The van der Waals surface area contributed by atoms with Crippen molar-refractivity contribution in [3.05, 3.63) is 93.0 Å². The summed E-state index contributed by atoms with van der Waals surface area (Å²) in [5, 5.41) is 15.4. The summed E-state index contributed by atoms with van der Waals surface area (Å²) < 4.78 is 12.5. The number of nitro groups is 1. The Morgan fingerprint density at radius 3 is 2.71 bits per heavy atom. The number of hydrazone groups is 1. The quantitative estimate of drug-likeness (QED) is 0.179. The highest BCUT2D eigenvalue weighted by Gasteiger charge is 2.15. The Balaban J connectivity index is 1.52. The molecule has 0 fully saturated rings. The first kappa shape index (κ1) is 23.4. The maximum absolute atomic E-state index is 12.5. The lowest BCUT2D eigenvalue weighted by Crippen LogP contribution is -2.16. The van der Waals surface area contributed by atoms with E-state index in [1.807, 2.05) is 30.5 Å². The van der Waals surface area contributed by atoms with Gasteiger partial charge in [-0.1, -0.05) is 6.07 Å². The summed E-state index contributed by atoms with van der Waals surface area (Å²) in [5.41, 5.74) is 6.47. The molecular formula is C25H22N4O6. The van der Waals surface area contributed by atoms with Crippen LogP contribution in [0.25, 0.3) is 16.7 Å². The minimum Gasteiger partial charge on any atom is -0.462 e. The van der Waals surface area contributed by atoms with E-state index in [2.05, 4.69) is 10.5 Å². The van der Waals surface area contributed by atoms with Gasteiger partial charge in [0, 0.05) is 40.2 Å². The largest absolute Gasteiger partial charge is 0.462 e. The molecule has 178 valence electrons. The minimum absolute atomic E-state index is 0.0149. The highest BCUT2D eigenvalue weighted by atomic mass is 16.6. The van der Waals surface area contributed by atoms with Gasteiger partial charge in [0.15, 0.2) is 5.76 Å². The number of carbonyl (C=O) groups excluding carboxylic acids is 2. The molecule has 2 aromatic carbocycles. The first-order chi connectivity index (χ1) is 16.8. The molecule has 10 heteroatoms. The van der Waals surface area contributed by atoms with Gasteiger partial charge in [-0.2, -0.15) is 5.10 Å². The van der Waals surface area contributed by atoms with Gasteiger partial charge in [0.2, 0.25) is 0 Å². The molecule has 4 rings (SSSR count). The molecule has 0 saturated carbocycles. The van der Waals surface area contributed by atoms with E-state index in [1.54, 1.807) is 25.1 Å². The summed E-state index contributed by atoms with van der Waals surface area (Å²) in [6.45, 7) is 5.88. The molecule has 4 aromatic rings. The van der Waals surface area contributed by atoms with Gasteiger partial charge < -0.3 is 13.7 Å². The molecule has 35 heavy (non-hydrogen) atoms. The Bertz CT molecular complexity index is 1480. The number of rotatable bonds is 7. The molecule has 0 aliphatic rings. The molecule has 0 radical (unpaired) electrons. The highest BCUT2D eigenvalue weighted by molar-refractivity contribution is 5.97. The van der Waals surface area contributed by atoms with Gasteiger partial charge in [0.1, 0.15) is 5.58 Å². The molecule has 0 aliphatic heterocycles. The first-order valence-electron chi connectivity index (χ1n) is 10.8. The lowest BCUT2D eigenvalue weighted by molar-refractivity contribution is -0.384. The summed E-state index contributed by atoms with van der Waals surface area (Å²) >= 11 is 0. The van der Waals surface area contributed by atoms with Crippen LogP contribution in [-0.2, 0) is 4.74 Å². The molecule has 0 atom stereocenters. The van der Waals surface area contributed by atoms with Crippen molar-refractivity contribution in [1.82, 2.24) is 9.99 Å². The highest BCUT2D eigenvalue weighted by Crippen LogP contribution is 2.24. The predicted octanol–water partition coefficient (Wildman–Crippen LogP) is 4.69. The zero-order valence-electron chi connectivity index (χ0n) is 19.3. The second-order valence-corrected chi connectivity index (χ2v) is 7.72. The number of carbonyl (C=O) groups is 2. The zero-order valence-corrected chi connectivity index (χ0v) is 19.3. The normalized spacial score (nSPS) is 11.2. The van der Waals surface area contributed by atoms with Crippen LogP contribution in [0.4, 0.5) is 5.69 Å². The van der Waals surface area contributed by atoms with Crippen molar-refractivity contribution in [2.45, 2.75) is 20.8 Å². The Morgan fingerprint density at radius 1 is 1.17 bits per heavy atom. The molecule has 10 nitrogen and oxygen atoms in total. The molecule has 2 aromatic heterocycles. The van der Waals surface area contributed by atoms with Crippen molar-refractivity contribution in [2.24, 2.45) is 5.10 Å². The molecule has 0 spiro atoms. The third-order valence-electron chi connectivity index (χ3n) is 5.39. The fourth-order valence-electron chi connectivity index (χ4n) is 3.77. The minimum atomic E-state index is -0.587. The van der Waals surface area contributed by atoms with Crippen LogP contribution >= 0.6 is 0 Å². The van der Waals surface area contributed by atoms with Crippen LogP contribution in [0.1, 0.15) is 44.8 Å². The monoisotopic (exact) mass is 474 g/mol. The van der Waals surface area contributed by atoms with E-state index in [4.69, 9.17) is 9.15 Å². The number of nitrogens with one attached hydrogen (secondary N) is 1. The number of ether oxygens (including phenoxy) is 1. The van der Waals surface area contributed by atoms with Crippen molar-refractivity contribution in [3.8, 4) is 5.69 Å². The van der Waals surface area contributed by atoms with Gasteiger partial charge in [-0.15, -0.1) is 0 Å². The molecule has 0 unspecified atom stereocenters. The van der Waals surface area contributed by atoms with E-state index in [0.29, 0.717) is 23.1 Å². The third-order valence-corrected chi connectivity index (χ3v) is 5.39. The lowest BCUT2D eigenvalue weighted by Gasteiger charge is -2.11. The molecule has 1 amide bonds. The van der Waals surface area contributed by atoms with E-state index in [9.17, 15) is 19.7 Å². The number of aryl methyl sites for hydroxylation is 1. The average molecular weight is 474 g/mol. The van der Waals surface area contributed by atoms with Gasteiger partial charge in [-0.05, 0) is 57.2 Å². The van der Waals surface area contributed by atoms with Crippen LogP contribution in [0, 0.1) is 24.0 Å². The van der Waals surface area contributed by atoms with Gasteiger partial charge in [-0.25, -0.2) is 10.2 Å². The Morgan fingerprint density at radius 2 is 1.97 bits per heavy atom. The smallest absolute Gasteiger partial charge is 0.338 e. The maximum Gasteiger partial charge on any atom is 0.338 e. The number of hydrogen-bond acceptors (Lipinski definition) is 7. The van der Waals surface area contributed by atoms with Crippen LogP contribution < -0.4 is 5.43 Å². The first-order valence-corrected chi connectivity index (χ1v) is 10.8. The van der Waals surface area contributed by atoms with Crippen LogP contribution in [0.5, 0.6) is 0 Å². The standard InChI is InChI=1S/C25H22N4O6/c1-4-34-25(31)17-6-5-7-20(11-17)28-15(2)10-19(16(28)3)14-26-27-24(30)23-13-18-12-21(29(32)33)8-9-22(18)35-23/h5-14H,4H2,1-3H3,(H,27,30)/b26-14-. The number of nitrogens with zero attached hydrogens (tertiary/aromatic N) is 3. The van der Waals surface area contributed by atoms with E-state index < -0.39 is 10.8 Å². The summed E-state index contributed by atoms with van der Waals surface area (Å²) in [5.74, 6) is -0.989. The zero-order chi connectivity index (χ0) is 25.1. The van der Waals surface area contributed by atoms with Crippen LogP contribution in [-0.4, -0.2) is 34.2 Å². The number of non-ortho nitro benzene ring substituents is 1. The SMILES string of the molecule is CCOC(=O)c1cccc(-n2c(C)cc(/C=N\NC(=O)c3cc4cc([N+](=O)[O-])ccc4o3)c2C)c1. The fourth-order valence-corrected chi connectivity index (χ4v) is 3.77. The van der Waals surface area contributed by atoms with Crippen LogP contribution in [0.2, 0.25) is 0 Å². The average Bonchev–Trinajstić information content (AvgIpc) is 3.39. The number of amides is 1. The molecule has 0 aliphatic carbocycles. The Kier molecular flexibility index (Phi) is 6.45. The third kappa shape index (κ3) is 4.81. The number of furan rings is 1. The molecule has 2 heterocycles. The summed E-state index contributed by atoms with van der Waals surface area (Å²) in [4.78, 5) is 35.0. The van der Waals surface area contributed by atoms with E-state index in [0.717, 1.165) is 22.6 Å². The van der Waals surface area contributed by atoms with E-state index in [-0.39, 0.29) is 17.4 Å². The second-order valence-electron chi connectivity index (χ2n) is 7.72. The fraction of sp³-hybridized carbons (Fsp3) is 0.160. The van der Waals surface area contributed by atoms with Gasteiger partial charge in [-0.3, -0.25) is 14.9 Å². The number of hydrogen-bond donors (Lipinski definition) is 1. The van der Waals surface area contributed by atoms with E-state index >= 15 is 0 Å². The number of fused-ring (bicyclic) bond motifs is 1. The molecule has 0 saturated heterocycles.